The molecule has 1 heterocycles. The van der Waals surface area contributed by atoms with Gasteiger partial charge in [-0.25, -0.2) is 4.79 Å². The molecule has 1 N–H and O–H groups in total. The number of rotatable bonds is 2. The summed E-state index contributed by atoms with van der Waals surface area (Å²) in [5, 5.41) is 17.5. The van der Waals surface area contributed by atoms with Gasteiger partial charge in [0.2, 0.25) is 0 Å². The summed E-state index contributed by atoms with van der Waals surface area (Å²) in [5.74, 6) is -0.951. The molecule has 2 rings (SSSR count). The Bertz CT molecular complexity index is 396. The van der Waals surface area contributed by atoms with Crippen molar-refractivity contribution in [3.05, 3.63) is 24.0 Å². The van der Waals surface area contributed by atoms with E-state index >= 15 is 0 Å². The van der Waals surface area contributed by atoms with Crippen LogP contribution in [0.25, 0.3) is 0 Å². The fourth-order valence-corrected chi connectivity index (χ4v) is 1.34. The molecule has 13 heavy (non-hydrogen) atoms. The number of carboxylic acid groups (broad SMARTS) is 1. The number of hydrogen-bond acceptors (Lipinski definition) is 2. The summed E-state index contributed by atoms with van der Waals surface area (Å²) in [6.45, 7) is 0. The number of carbonyl (C=O) groups is 1. The maximum atomic E-state index is 10.6. The second kappa shape index (κ2) is 2.36. The highest BCUT2D eigenvalue weighted by Crippen LogP contribution is 2.42. The normalized spacial score (nSPS) is 17.8. The summed E-state index contributed by atoms with van der Waals surface area (Å²) in [6, 6.07) is 3.70. The van der Waals surface area contributed by atoms with Crippen LogP contribution < -0.4 is 0 Å². The van der Waals surface area contributed by atoms with E-state index in [2.05, 4.69) is 6.07 Å². The lowest BCUT2D eigenvalue weighted by molar-refractivity contribution is 0.0697. The molecule has 0 unspecified atom stereocenters. The van der Waals surface area contributed by atoms with Gasteiger partial charge in [0.15, 0.2) is 0 Å². The van der Waals surface area contributed by atoms with E-state index in [0.717, 1.165) is 12.8 Å². The third-order valence-electron chi connectivity index (χ3n) is 2.37. The molecule has 1 aromatic rings. The molecule has 0 spiro atoms. The number of aromatic carboxylic acids is 1. The Kier molecular flexibility index (Phi) is 1.43. The third kappa shape index (κ3) is 1.09. The maximum Gasteiger partial charge on any atom is 0.337 e. The molecule has 0 atom stereocenters. The molecule has 1 fully saturated rings. The lowest BCUT2D eigenvalue weighted by Gasteiger charge is -2.05. The van der Waals surface area contributed by atoms with Gasteiger partial charge in [0, 0.05) is 12.4 Å². The quantitative estimate of drug-likeness (QED) is 0.736. The molecule has 1 aromatic heterocycles. The average molecular weight is 176 g/mol. The van der Waals surface area contributed by atoms with Crippen molar-refractivity contribution in [2.75, 3.05) is 0 Å². The Morgan fingerprint density at radius 2 is 2.38 bits per heavy atom. The van der Waals surface area contributed by atoms with Crippen molar-refractivity contribution in [1.29, 1.82) is 5.26 Å². The lowest BCUT2D eigenvalue weighted by atomic mass is 10.3. The van der Waals surface area contributed by atoms with E-state index in [1.165, 1.54) is 12.3 Å². The van der Waals surface area contributed by atoms with Crippen LogP contribution in [-0.2, 0) is 5.54 Å². The zero-order chi connectivity index (χ0) is 9.47. The molecule has 0 aromatic carbocycles. The fourth-order valence-electron chi connectivity index (χ4n) is 1.34. The summed E-state index contributed by atoms with van der Waals surface area (Å²) >= 11 is 0. The van der Waals surface area contributed by atoms with Crippen LogP contribution in [0.1, 0.15) is 23.2 Å². The summed E-state index contributed by atoms with van der Waals surface area (Å²) in [4.78, 5) is 10.6. The van der Waals surface area contributed by atoms with E-state index in [1.807, 2.05) is 0 Å². The molecule has 1 aliphatic carbocycles. The lowest BCUT2D eigenvalue weighted by Crippen LogP contribution is -2.11. The number of carboxylic acids is 1. The molecular formula is C9H8N2O2. The number of aromatic nitrogens is 1. The van der Waals surface area contributed by atoms with Crippen LogP contribution in [0.4, 0.5) is 0 Å². The third-order valence-corrected chi connectivity index (χ3v) is 2.37. The van der Waals surface area contributed by atoms with Crippen molar-refractivity contribution < 1.29 is 9.90 Å². The van der Waals surface area contributed by atoms with Crippen molar-refractivity contribution in [3.8, 4) is 6.07 Å². The SMILES string of the molecule is N#CC1(n2ccc(C(=O)O)c2)CC1. The first kappa shape index (κ1) is 7.87. The molecule has 1 aliphatic rings. The van der Waals surface area contributed by atoms with E-state index in [1.54, 1.807) is 10.8 Å². The van der Waals surface area contributed by atoms with Crippen molar-refractivity contribution in [1.82, 2.24) is 4.57 Å². The Balaban J connectivity index is 2.34. The van der Waals surface area contributed by atoms with Gasteiger partial charge in [-0.1, -0.05) is 0 Å². The van der Waals surface area contributed by atoms with E-state index in [0.29, 0.717) is 0 Å². The van der Waals surface area contributed by atoms with Gasteiger partial charge in [-0.3, -0.25) is 0 Å². The highest BCUT2D eigenvalue weighted by atomic mass is 16.4. The average Bonchev–Trinajstić information content (AvgIpc) is 2.75. The highest BCUT2D eigenvalue weighted by Gasteiger charge is 2.44. The van der Waals surface area contributed by atoms with Crippen LogP contribution in [0.3, 0.4) is 0 Å². The topological polar surface area (TPSA) is 66.0 Å². The minimum absolute atomic E-state index is 0.238. The molecule has 4 heteroatoms. The fraction of sp³-hybridized carbons (Fsp3) is 0.333. The second-order valence-electron chi connectivity index (χ2n) is 3.26. The molecular weight excluding hydrogens is 168 g/mol. The monoisotopic (exact) mass is 176 g/mol. The molecule has 66 valence electrons. The number of hydrogen-bond donors (Lipinski definition) is 1. The molecule has 0 aliphatic heterocycles. The van der Waals surface area contributed by atoms with Crippen LogP contribution >= 0.6 is 0 Å². The summed E-state index contributed by atoms with van der Waals surface area (Å²) < 4.78 is 1.69. The Morgan fingerprint density at radius 1 is 1.69 bits per heavy atom. The van der Waals surface area contributed by atoms with Gasteiger partial charge >= 0.3 is 5.97 Å². The summed E-state index contributed by atoms with van der Waals surface area (Å²) in [6.07, 6.45) is 4.80. The molecule has 0 bridgehead atoms. The Labute approximate surface area is 75.0 Å². The van der Waals surface area contributed by atoms with Crippen LogP contribution in [0.2, 0.25) is 0 Å². The van der Waals surface area contributed by atoms with Crippen LogP contribution in [0.15, 0.2) is 18.5 Å². The Hall–Kier alpha value is -1.76. The molecule has 0 saturated heterocycles. The first-order chi connectivity index (χ1) is 6.18. The van der Waals surface area contributed by atoms with E-state index in [9.17, 15) is 4.79 Å². The van der Waals surface area contributed by atoms with Gasteiger partial charge in [-0.2, -0.15) is 5.26 Å². The molecule has 0 amide bonds. The largest absolute Gasteiger partial charge is 0.478 e. The van der Waals surface area contributed by atoms with Gasteiger partial charge in [0.05, 0.1) is 11.6 Å². The maximum absolute atomic E-state index is 10.6. The molecule has 4 nitrogen and oxygen atoms in total. The van der Waals surface area contributed by atoms with Crippen LogP contribution in [-0.4, -0.2) is 15.6 Å². The predicted molar refractivity (Wildman–Crippen MR) is 44.2 cm³/mol. The number of nitriles is 1. The van der Waals surface area contributed by atoms with E-state index in [-0.39, 0.29) is 5.56 Å². The van der Waals surface area contributed by atoms with Gasteiger partial charge in [0.25, 0.3) is 0 Å². The number of nitrogens with zero attached hydrogens (tertiary/aromatic N) is 2. The van der Waals surface area contributed by atoms with Crippen molar-refractivity contribution >= 4 is 5.97 Å². The van der Waals surface area contributed by atoms with E-state index in [4.69, 9.17) is 10.4 Å². The highest BCUT2D eigenvalue weighted by molar-refractivity contribution is 5.87. The van der Waals surface area contributed by atoms with Crippen molar-refractivity contribution in [3.63, 3.8) is 0 Å². The predicted octanol–water partition coefficient (Wildman–Crippen LogP) is 1.20. The van der Waals surface area contributed by atoms with Crippen molar-refractivity contribution in [2.24, 2.45) is 0 Å². The van der Waals surface area contributed by atoms with Gasteiger partial charge < -0.3 is 9.67 Å². The minimum atomic E-state index is -0.951. The van der Waals surface area contributed by atoms with Crippen molar-refractivity contribution in [2.45, 2.75) is 18.4 Å². The zero-order valence-electron chi connectivity index (χ0n) is 6.90. The van der Waals surface area contributed by atoms with Gasteiger partial charge in [-0.15, -0.1) is 0 Å². The summed E-state index contributed by atoms with van der Waals surface area (Å²) in [5.41, 5.74) is -0.213. The standard InChI is InChI=1S/C9H8N2O2/c10-6-9(2-3-9)11-4-1-7(5-11)8(12)13/h1,4-5H,2-3H2,(H,12,13). The molecule has 0 radical (unpaired) electrons. The first-order valence-electron chi connectivity index (χ1n) is 4.01. The Morgan fingerprint density at radius 3 is 2.77 bits per heavy atom. The smallest absolute Gasteiger partial charge is 0.337 e. The zero-order valence-corrected chi connectivity index (χ0v) is 6.90. The van der Waals surface area contributed by atoms with Crippen LogP contribution in [0, 0.1) is 11.3 Å². The van der Waals surface area contributed by atoms with Crippen LogP contribution in [0.5, 0.6) is 0 Å². The van der Waals surface area contributed by atoms with Gasteiger partial charge in [-0.05, 0) is 18.9 Å². The second-order valence-corrected chi connectivity index (χ2v) is 3.26. The van der Waals surface area contributed by atoms with E-state index < -0.39 is 11.5 Å². The van der Waals surface area contributed by atoms with Gasteiger partial charge in [0.1, 0.15) is 5.54 Å². The molecule has 1 saturated carbocycles. The first-order valence-corrected chi connectivity index (χ1v) is 4.01. The summed E-state index contributed by atoms with van der Waals surface area (Å²) in [7, 11) is 0. The minimum Gasteiger partial charge on any atom is -0.478 e.